The quantitative estimate of drug-likeness (QED) is 0.182. The van der Waals surface area contributed by atoms with Crippen LogP contribution < -0.4 is 5.32 Å². The van der Waals surface area contributed by atoms with Crippen LogP contribution in [0.2, 0.25) is 0 Å². The number of amides is 1. The van der Waals surface area contributed by atoms with Crippen LogP contribution in [0.4, 0.5) is 0 Å². The Morgan fingerprint density at radius 1 is 0.929 bits per heavy atom. The van der Waals surface area contributed by atoms with Gasteiger partial charge in [-0.05, 0) is 123 Å². The second-order valence-electron chi connectivity index (χ2n) is 20.9. The predicted octanol–water partition coefficient (Wildman–Crippen LogP) is 7.99. The predicted molar refractivity (Wildman–Crippen MR) is 217 cm³/mol. The molecule has 4 fully saturated rings. The average molecular weight is 775 g/mol. The van der Waals surface area contributed by atoms with E-state index in [2.05, 4.69) is 53.8 Å². The van der Waals surface area contributed by atoms with E-state index in [4.69, 9.17) is 4.74 Å². The number of aliphatic hydroxyl groups is 1. The Hall–Kier alpha value is -3.04. The van der Waals surface area contributed by atoms with Crippen molar-refractivity contribution in [3.63, 3.8) is 0 Å². The molecule has 9 atom stereocenters. The van der Waals surface area contributed by atoms with Crippen molar-refractivity contribution in [1.82, 2.24) is 10.2 Å². The Morgan fingerprint density at radius 2 is 1.61 bits per heavy atom. The van der Waals surface area contributed by atoms with Gasteiger partial charge in [-0.1, -0.05) is 84.4 Å². The Balaban J connectivity index is 1.30. The Bertz CT molecular complexity index is 1730. The van der Waals surface area contributed by atoms with Gasteiger partial charge < -0.3 is 25.2 Å². The Morgan fingerprint density at radius 3 is 2.23 bits per heavy atom. The summed E-state index contributed by atoms with van der Waals surface area (Å²) < 4.78 is 6.18. The highest BCUT2D eigenvalue weighted by Gasteiger charge is 2.71. The van der Waals surface area contributed by atoms with Crippen LogP contribution in [0.5, 0.6) is 0 Å². The summed E-state index contributed by atoms with van der Waals surface area (Å²) in [6, 6.07) is 9.92. The molecule has 9 heteroatoms. The van der Waals surface area contributed by atoms with Crippen molar-refractivity contribution in [2.24, 2.45) is 56.2 Å². The molecule has 1 aromatic rings. The highest BCUT2D eigenvalue weighted by Crippen LogP contribution is 2.77. The van der Waals surface area contributed by atoms with Crippen molar-refractivity contribution in [3.05, 3.63) is 47.0 Å². The fourth-order valence-electron chi connectivity index (χ4n) is 13.6. The summed E-state index contributed by atoms with van der Waals surface area (Å²) >= 11 is 0. The number of ketones is 1. The molecule has 0 aliphatic heterocycles. The largest absolute Gasteiger partial charge is 0.481 e. The van der Waals surface area contributed by atoms with Crippen molar-refractivity contribution in [3.8, 4) is 0 Å². The van der Waals surface area contributed by atoms with Gasteiger partial charge in [0.05, 0.1) is 24.5 Å². The van der Waals surface area contributed by atoms with Gasteiger partial charge in [-0.3, -0.25) is 19.2 Å². The molecule has 3 N–H and O–H groups in total. The highest BCUT2D eigenvalue weighted by molar-refractivity contribution is 6.00. The standard InChI is InChI=1S/C47H70N2O7/c1-29(2)39-32(50)24-47(35(51)28-49(37(52)26-48-10)27-30-14-12-11-13-15-30)23-22-45(8)31(40(39)47)16-17-34-44(7)20-19-36(56-38(53)25-42(3,4)41(54)55)43(5,6)33(44)18-21-46(34,45)9/h11-15,29,31,33-36,48,51H,16-28H2,1-10H3,(H,54,55)/t31-,33+,34-,35?,36+,44+,45-,46-,47?/m1/s1. The monoisotopic (exact) mass is 775 g/mol. The van der Waals surface area contributed by atoms with E-state index in [-0.39, 0.29) is 70.8 Å². The third-order valence-electron chi connectivity index (χ3n) is 16.8. The molecule has 310 valence electrons. The lowest BCUT2D eigenvalue weighted by molar-refractivity contribution is -0.235. The summed E-state index contributed by atoms with van der Waals surface area (Å²) in [6.07, 6.45) is 6.40. The number of nitrogens with zero attached hydrogens (tertiary/aromatic N) is 1. The van der Waals surface area contributed by atoms with Crippen molar-refractivity contribution >= 4 is 23.6 Å². The van der Waals surface area contributed by atoms with E-state index in [9.17, 15) is 29.4 Å². The fraction of sp³-hybridized carbons (Fsp3) is 0.745. The summed E-state index contributed by atoms with van der Waals surface area (Å²) in [4.78, 5) is 54.5. The summed E-state index contributed by atoms with van der Waals surface area (Å²) in [7, 11) is 1.76. The van der Waals surface area contributed by atoms with Crippen molar-refractivity contribution in [2.45, 2.75) is 145 Å². The normalized spacial score (nSPS) is 35.5. The summed E-state index contributed by atoms with van der Waals surface area (Å²) in [5, 5.41) is 25.2. The molecule has 0 spiro atoms. The second kappa shape index (κ2) is 15.0. The maximum Gasteiger partial charge on any atom is 0.309 e. The molecule has 56 heavy (non-hydrogen) atoms. The van der Waals surface area contributed by atoms with E-state index in [1.807, 2.05) is 30.3 Å². The molecule has 2 unspecified atom stereocenters. The number of rotatable bonds is 12. The third-order valence-corrected chi connectivity index (χ3v) is 16.8. The second-order valence-corrected chi connectivity index (χ2v) is 20.9. The number of carboxylic acids is 1. The molecule has 5 aliphatic rings. The molecule has 0 bridgehead atoms. The Kier molecular flexibility index (Phi) is 11.4. The lowest BCUT2D eigenvalue weighted by atomic mass is 9.33. The third kappa shape index (κ3) is 6.78. The first-order valence-electron chi connectivity index (χ1n) is 21.4. The first-order chi connectivity index (χ1) is 26.1. The van der Waals surface area contributed by atoms with Crippen molar-refractivity contribution < 1.29 is 34.1 Å². The number of benzene rings is 1. The van der Waals surface area contributed by atoms with Crippen LogP contribution in [0.15, 0.2) is 41.5 Å². The zero-order valence-corrected chi connectivity index (χ0v) is 35.9. The number of Topliss-reactive ketones (excluding diaryl/α,β-unsaturated/α-hetero) is 1. The topological polar surface area (TPSA) is 133 Å². The number of nitrogens with one attached hydrogen (secondary N) is 1. The molecule has 1 amide bonds. The number of hydrogen-bond acceptors (Lipinski definition) is 7. The van der Waals surface area contributed by atoms with Crippen LogP contribution in [0, 0.1) is 56.2 Å². The van der Waals surface area contributed by atoms with E-state index in [0.29, 0.717) is 24.8 Å². The van der Waals surface area contributed by atoms with Gasteiger partial charge in [0.1, 0.15) is 6.10 Å². The molecule has 4 saturated carbocycles. The first kappa shape index (κ1) is 42.6. The zero-order valence-electron chi connectivity index (χ0n) is 35.9. The van der Waals surface area contributed by atoms with Gasteiger partial charge in [-0.15, -0.1) is 0 Å². The molecule has 5 aliphatic carbocycles. The number of ether oxygens (including phenoxy) is 1. The molecule has 0 aromatic heterocycles. The average Bonchev–Trinajstić information content (AvgIpc) is 3.43. The van der Waals surface area contributed by atoms with Crippen molar-refractivity contribution in [1.29, 1.82) is 0 Å². The molecule has 0 radical (unpaired) electrons. The fourth-order valence-corrected chi connectivity index (χ4v) is 13.6. The van der Waals surface area contributed by atoms with Gasteiger partial charge >= 0.3 is 11.9 Å². The number of esters is 1. The van der Waals surface area contributed by atoms with Gasteiger partial charge in [0, 0.05) is 30.3 Å². The minimum absolute atomic E-state index is 0.00772. The SMILES string of the molecule is CNCC(=O)N(Cc1ccccc1)CC(O)C12CC[C@]3(C)[C@H](CC[C@@H]4[C@@]5(C)CC[C@H](OC(=O)CC(C)(C)C(=O)O)C(C)(C)[C@@H]5CC[C@]43C)C1=C(C(C)C)C(=O)C2. The van der Waals surface area contributed by atoms with E-state index >= 15 is 0 Å². The van der Waals surface area contributed by atoms with Crippen LogP contribution in [-0.2, 0) is 30.5 Å². The summed E-state index contributed by atoms with van der Waals surface area (Å²) in [5.41, 5.74) is 0.904. The van der Waals surface area contributed by atoms with Crippen LogP contribution in [0.25, 0.3) is 0 Å². The molecule has 0 heterocycles. The maximum absolute atomic E-state index is 14.2. The van der Waals surface area contributed by atoms with E-state index < -0.39 is 28.9 Å². The number of carboxylic acid groups (broad SMARTS) is 1. The first-order valence-corrected chi connectivity index (χ1v) is 21.4. The van der Waals surface area contributed by atoms with Crippen LogP contribution in [0.3, 0.4) is 0 Å². The zero-order chi connectivity index (χ0) is 41.2. The lowest BCUT2D eigenvalue weighted by Gasteiger charge is -2.72. The van der Waals surface area contributed by atoms with Crippen LogP contribution in [0.1, 0.15) is 132 Å². The molecule has 0 saturated heterocycles. The summed E-state index contributed by atoms with van der Waals surface area (Å²) in [6.45, 7) is 20.2. The van der Waals surface area contributed by atoms with Gasteiger partial charge in [0.25, 0.3) is 0 Å². The number of hydrogen-bond donors (Lipinski definition) is 3. The number of carbonyl (C=O) groups is 4. The van der Waals surface area contributed by atoms with Gasteiger partial charge in [-0.2, -0.15) is 0 Å². The van der Waals surface area contributed by atoms with Gasteiger partial charge in [-0.25, -0.2) is 0 Å². The molecular formula is C47H70N2O7. The molecular weight excluding hydrogens is 705 g/mol. The highest BCUT2D eigenvalue weighted by atomic mass is 16.5. The molecule has 9 nitrogen and oxygen atoms in total. The molecule has 6 rings (SSSR count). The van der Waals surface area contributed by atoms with E-state index in [1.165, 1.54) is 5.57 Å². The van der Waals surface area contributed by atoms with E-state index in [1.54, 1.807) is 25.8 Å². The number of likely N-dealkylation sites (N-methyl/N-ethyl adjacent to an activating group) is 1. The van der Waals surface area contributed by atoms with E-state index in [0.717, 1.165) is 62.5 Å². The van der Waals surface area contributed by atoms with Crippen LogP contribution in [-0.4, -0.2) is 71.1 Å². The minimum atomic E-state index is -1.18. The smallest absolute Gasteiger partial charge is 0.309 e. The summed E-state index contributed by atoms with van der Waals surface area (Å²) in [5.74, 6) is -0.363. The van der Waals surface area contributed by atoms with Gasteiger partial charge in [0.15, 0.2) is 5.78 Å². The molecule has 1 aromatic carbocycles. The lowest BCUT2D eigenvalue weighted by Crippen LogP contribution is -2.66. The van der Waals surface area contributed by atoms with Crippen LogP contribution >= 0.6 is 0 Å². The number of fused-ring (bicyclic) bond motifs is 7. The number of aliphatic carboxylic acids is 1. The number of allylic oxidation sites excluding steroid dienone is 1. The number of aliphatic hydroxyl groups excluding tert-OH is 1. The minimum Gasteiger partial charge on any atom is -0.481 e. The maximum atomic E-state index is 14.2. The van der Waals surface area contributed by atoms with Gasteiger partial charge in [0.2, 0.25) is 5.91 Å². The van der Waals surface area contributed by atoms with Crippen molar-refractivity contribution in [2.75, 3.05) is 20.1 Å². The number of carbonyl (C=O) groups excluding carboxylic acids is 3. The Labute approximate surface area is 335 Å².